The minimum absolute atomic E-state index is 0.00208. The molecule has 0 spiro atoms. The Bertz CT molecular complexity index is 516. The zero-order valence-corrected chi connectivity index (χ0v) is 14.0. The zero-order valence-electron chi connectivity index (χ0n) is 13.1. The van der Waals surface area contributed by atoms with Gasteiger partial charge in [-0.3, -0.25) is 4.79 Å². The second-order valence-electron chi connectivity index (χ2n) is 6.94. The second kappa shape index (κ2) is 4.81. The molecule has 2 heterocycles. The first-order valence-corrected chi connectivity index (χ1v) is 7.86. The van der Waals surface area contributed by atoms with Crippen LogP contribution >= 0.6 is 11.3 Å². The Morgan fingerprint density at radius 3 is 2.35 bits per heavy atom. The first kappa shape index (κ1) is 15.4. The van der Waals surface area contributed by atoms with Crippen molar-refractivity contribution in [2.75, 3.05) is 13.1 Å². The van der Waals surface area contributed by atoms with E-state index in [0.717, 1.165) is 10.7 Å². The van der Waals surface area contributed by atoms with Crippen molar-refractivity contribution in [3.63, 3.8) is 0 Å². The molecule has 1 atom stereocenters. The molecule has 0 aliphatic carbocycles. The number of amides is 1. The largest absolute Gasteiger partial charge is 0.388 e. The third-order valence-corrected chi connectivity index (χ3v) is 5.78. The van der Waals surface area contributed by atoms with Gasteiger partial charge in [0.25, 0.3) is 5.91 Å². The van der Waals surface area contributed by atoms with E-state index < -0.39 is 5.60 Å². The fourth-order valence-electron chi connectivity index (χ4n) is 2.44. The number of thiazole rings is 1. The minimum Gasteiger partial charge on any atom is -0.388 e. The third kappa shape index (κ3) is 2.49. The highest BCUT2D eigenvalue weighted by Gasteiger charge is 2.49. The number of carbonyl (C=O) groups is 1. The standard InChI is InChI=1S/C15H24N2O2S/c1-9(2)12-16-10(3)11(20-12)13(18)17-7-14(4,5)15(6,19)8-17/h9,19H,7-8H2,1-6H3/t15-/m0/s1. The van der Waals surface area contributed by atoms with Crippen LogP contribution in [0.15, 0.2) is 0 Å². The van der Waals surface area contributed by atoms with Crippen LogP contribution in [-0.4, -0.2) is 39.6 Å². The first-order chi connectivity index (χ1) is 9.05. The SMILES string of the molecule is Cc1nc(C(C)C)sc1C(=O)N1CC(C)(C)[C@@](C)(O)C1. The lowest BCUT2D eigenvalue weighted by Gasteiger charge is -2.30. The van der Waals surface area contributed by atoms with E-state index in [1.54, 1.807) is 11.8 Å². The Labute approximate surface area is 124 Å². The molecule has 5 heteroatoms. The van der Waals surface area contributed by atoms with Crippen LogP contribution in [0.1, 0.15) is 60.9 Å². The number of rotatable bonds is 2. The van der Waals surface area contributed by atoms with Gasteiger partial charge in [-0.25, -0.2) is 4.98 Å². The summed E-state index contributed by atoms with van der Waals surface area (Å²) in [6.07, 6.45) is 0. The number of hydrogen-bond acceptors (Lipinski definition) is 4. The number of aliphatic hydroxyl groups is 1. The maximum absolute atomic E-state index is 12.7. The number of likely N-dealkylation sites (tertiary alicyclic amines) is 1. The van der Waals surface area contributed by atoms with Crippen molar-refractivity contribution in [2.24, 2.45) is 5.41 Å². The van der Waals surface area contributed by atoms with Crippen LogP contribution in [0.2, 0.25) is 0 Å². The molecule has 1 aromatic rings. The molecule has 1 fully saturated rings. The van der Waals surface area contributed by atoms with Gasteiger partial charge < -0.3 is 10.0 Å². The molecule has 1 N–H and O–H groups in total. The Hall–Kier alpha value is -0.940. The summed E-state index contributed by atoms with van der Waals surface area (Å²) in [4.78, 5) is 19.6. The molecular formula is C15H24N2O2S. The quantitative estimate of drug-likeness (QED) is 0.913. The lowest BCUT2D eigenvalue weighted by Crippen LogP contribution is -2.40. The number of aromatic nitrogens is 1. The van der Waals surface area contributed by atoms with Crippen LogP contribution in [0, 0.1) is 12.3 Å². The predicted octanol–water partition coefficient (Wildman–Crippen LogP) is 2.81. The number of β-amino-alcohol motifs (C(OH)–C–C–N with tert-alkyl or cyclic N) is 1. The minimum atomic E-state index is -0.845. The summed E-state index contributed by atoms with van der Waals surface area (Å²) in [5.74, 6) is 0.330. The molecule has 0 aromatic carbocycles. The van der Waals surface area contributed by atoms with Gasteiger partial charge in [0.1, 0.15) is 4.88 Å². The maximum atomic E-state index is 12.7. The molecule has 0 unspecified atom stereocenters. The molecule has 0 bridgehead atoms. The monoisotopic (exact) mass is 296 g/mol. The van der Waals surface area contributed by atoms with Gasteiger partial charge >= 0.3 is 0 Å². The molecule has 0 radical (unpaired) electrons. The van der Waals surface area contributed by atoms with E-state index in [0.29, 0.717) is 23.9 Å². The highest BCUT2D eigenvalue weighted by Crippen LogP contribution is 2.39. The highest BCUT2D eigenvalue weighted by molar-refractivity contribution is 7.13. The van der Waals surface area contributed by atoms with Gasteiger partial charge in [-0.15, -0.1) is 11.3 Å². The molecule has 1 aromatic heterocycles. The first-order valence-electron chi connectivity index (χ1n) is 7.04. The van der Waals surface area contributed by atoms with Gasteiger partial charge in [-0.1, -0.05) is 27.7 Å². The number of hydrogen-bond donors (Lipinski definition) is 1. The van der Waals surface area contributed by atoms with Crippen molar-refractivity contribution in [1.82, 2.24) is 9.88 Å². The van der Waals surface area contributed by atoms with E-state index in [4.69, 9.17) is 0 Å². The Kier molecular flexibility index (Phi) is 3.71. The van der Waals surface area contributed by atoms with E-state index in [-0.39, 0.29) is 11.3 Å². The summed E-state index contributed by atoms with van der Waals surface area (Å²) in [6, 6.07) is 0. The summed E-state index contributed by atoms with van der Waals surface area (Å²) in [7, 11) is 0. The van der Waals surface area contributed by atoms with E-state index >= 15 is 0 Å². The van der Waals surface area contributed by atoms with Crippen LogP contribution in [0.25, 0.3) is 0 Å². The highest BCUT2D eigenvalue weighted by atomic mass is 32.1. The number of carbonyl (C=O) groups excluding carboxylic acids is 1. The fourth-order valence-corrected chi connectivity index (χ4v) is 3.48. The molecule has 20 heavy (non-hydrogen) atoms. The average molecular weight is 296 g/mol. The number of nitrogens with zero attached hydrogens (tertiary/aromatic N) is 2. The van der Waals surface area contributed by atoms with E-state index in [1.165, 1.54) is 11.3 Å². The van der Waals surface area contributed by atoms with Gasteiger partial charge in [0.2, 0.25) is 0 Å². The van der Waals surface area contributed by atoms with Gasteiger partial charge in [0.15, 0.2) is 0 Å². The summed E-state index contributed by atoms with van der Waals surface area (Å²) >= 11 is 1.48. The molecule has 112 valence electrons. The van der Waals surface area contributed by atoms with Crippen molar-refractivity contribution in [3.8, 4) is 0 Å². The summed E-state index contributed by atoms with van der Waals surface area (Å²) < 4.78 is 0. The number of aryl methyl sites for hydroxylation is 1. The third-order valence-electron chi connectivity index (χ3n) is 4.33. The van der Waals surface area contributed by atoms with Crippen molar-refractivity contribution in [2.45, 2.75) is 53.1 Å². The van der Waals surface area contributed by atoms with Crippen molar-refractivity contribution in [3.05, 3.63) is 15.6 Å². The second-order valence-corrected chi connectivity index (χ2v) is 7.97. The van der Waals surface area contributed by atoms with Crippen LogP contribution < -0.4 is 0 Å². The molecular weight excluding hydrogens is 272 g/mol. The smallest absolute Gasteiger partial charge is 0.265 e. The van der Waals surface area contributed by atoms with Crippen molar-refractivity contribution >= 4 is 17.2 Å². The molecule has 1 amide bonds. The van der Waals surface area contributed by atoms with Crippen LogP contribution in [0.5, 0.6) is 0 Å². The Morgan fingerprint density at radius 1 is 1.35 bits per heavy atom. The van der Waals surface area contributed by atoms with Crippen LogP contribution in [-0.2, 0) is 0 Å². The summed E-state index contributed by atoms with van der Waals surface area (Å²) in [5, 5.41) is 11.4. The molecule has 1 aliphatic rings. The van der Waals surface area contributed by atoms with Gasteiger partial charge in [-0.05, 0) is 13.8 Å². The van der Waals surface area contributed by atoms with Gasteiger partial charge in [0, 0.05) is 17.9 Å². The molecule has 4 nitrogen and oxygen atoms in total. The lowest BCUT2D eigenvalue weighted by atomic mass is 9.79. The van der Waals surface area contributed by atoms with E-state index in [1.807, 2.05) is 20.8 Å². The lowest BCUT2D eigenvalue weighted by molar-refractivity contribution is -0.0108. The van der Waals surface area contributed by atoms with Crippen LogP contribution in [0.3, 0.4) is 0 Å². The molecule has 2 rings (SSSR count). The Balaban J connectivity index is 2.26. The summed E-state index contributed by atoms with van der Waals surface area (Å²) in [6.45, 7) is 12.8. The Morgan fingerprint density at radius 2 is 1.95 bits per heavy atom. The topological polar surface area (TPSA) is 53.4 Å². The molecule has 1 aliphatic heterocycles. The fraction of sp³-hybridized carbons (Fsp3) is 0.733. The van der Waals surface area contributed by atoms with Crippen LogP contribution in [0.4, 0.5) is 0 Å². The predicted molar refractivity (Wildman–Crippen MR) is 81.2 cm³/mol. The van der Waals surface area contributed by atoms with E-state index in [2.05, 4.69) is 18.8 Å². The van der Waals surface area contributed by atoms with E-state index in [9.17, 15) is 9.90 Å². The maximum Gasteiger partial charge on any atom is 0.265 e. The average Bonchev–Trinajstić information content (AvgIpc) is 2.77. The molecule has 1 saturated heterocycles. The van der Waals surface area contributed by atoms with Crippen molar-refractivity contribution in [1.29, 1.82) is 0 Å². The zero-order chi connectivity index (χ0) is 15.3. The molecule has 0 saturated carbocycles. The summed E-state index contributed by atoms with van der Waals surface area (Å²) in [5.41, 5.74) is -0.336. The van der Waals surface area contributed by atoms with Gasteiger partial charge in [-0.2, -0.15) is 0 Å². The van der Waals surface area contributed by atoms with Gasteiger partial charge in [0.05, 0.1) is 22.8 Å². The van der Waals surface area contributed by atoms with Crippen molar-refractivity contribution < 1.29 is 9.90 Å². The normalized spacial score (nSPS) is 25.5.